The molecule has 2 aromatic heterocycles. The van der Waals surface area contributed by atoms with E-state index in [-0.39, 0.29) is 4.96 Å². The molecule has 6 nitrogen and oxygen atoms in total. The summed E-state index contributed by atoms with van der Waals surface area (Å²) >= 11 is 0.780. The van der Waals surface area contributed by atoms with Gasteiger partial charge in [-0.15, -0.1) is 0 Å². The van der Waals surface area contributed by atoms with Crippen LogP contribution in [0.1, 0.15) is 22.7 Å². The molecule has 0 atom stereocenters. The second-order valence-corrected chi connectivity index (χ2v) is 6.14. The molecule has 0 saturated heterocycles. The molecular formula is C13H11F6N5OS. The predicted molar refractivity (Wildman–Crippen MR) is 83.1 cm³/mol. The molecule has 26 heavy (non-hydrogen) atoms. The lowest BCUT2D eigenvalue weighted by Crippen LogP contribution is -2.26. The highest BCUT2D eigenvalue weighted by Crippen LogP contribution is 2.32. The maximum absolute atomic E-state index is 13.3. The number of aliphatic imine (C=N–C) groups is 1. The number of nitrogens with two attached hydrogens (primary N) is 1. The van der Waals surface area contributed by atoms with Crippen LogP contribution in [0.15, 0.2) is 16.0 Å². The molecule has 2 rings (SSSR count). The van der Waals surface area contributed by atoms with Gasteiger partial charge in [0.25, 0.3) is 5.56 Å². The lowest BCUT2D eigenvalue weighted by Gasteiger charge is -2.11. The standard InChI is InChI=1S/C13H11F6N5OS/c1-6-23-24-10(25)8(9(13(17,18)19)22-11(24)26-6)7(4-20)5-21-3-2-12(14,15)16/h4-5H,2-3,20H2,1H3/b7-4+,21-5?. The van der Waals surface area contributed by atoms with Gasteiger partial charge in [0.05, 0.1) is 12.0 Å². The van der Waals surface area contributed by atoms with Crippen LogP contribution in [-0.2, 0) is 6.18 Å². The van der Waals surface area contributed by atoms with Crippen molar-refractivity contribution < 1.29 is 26.3 Å². The summed E-state index contributed by atoms with van der Waals surface area (Å²) in [5, 5.41) is 4.08. The summed E-state index contributed by atoms with van der Waals surface area (Å²) in [5.41, 5.74) is 1.18. The third-order valence-electron chi connectivity index (χ3n) is 3.00. The van der Waals surface area contributed by atoms with Crippen LogP contribution in [0.5, 0.6) is 0 Å². The first-order chi connectivity index (χ1) is 11.9. The highest BCUT2D eigenvalue weighted by molar-refractivity contribution is 7.16. The highest BCUT2D eigenvalue weighted by Gasteiger charge is 2.38. The van der Waals surface area contributed by atoms with Gasteiger partial charge in [-0.3, -0.25) is 9.79 Å². The zero-order valence-corrected chi connectivity index (χ0v) is 13.8. The topological polar surface area (TPSA) is 85.6 Å². The monoisotopic (exact) mass is 399 g/mol. The highest BCUT2D eigenvalue weighted by atomic mass is 32.1. The first-order valence-electron chi connectivity index (χ1n) is 6.90. The molecule has 2 aromatic rings. The maximum atomic E-state index is 13.3. The summed E-state index contributed by atoms with van der Waals surface area (Å²) in [6.45, 7) is 0.749. The van der Waals surface area contributed by atoms with E-state index in [0.717, 1.165) is 11.3 Å². The summed E-state index contributed by atoms with van der Waals surface area (Å²) in [5.74, 6) is 0. The Balaban J connectivity index is 2.56. The second-order valence-electron chi connectivity index (χ2n) is 4.98. The van der Waals surface area contributed by atoms with E-state index in [1.807, 2.05) is 0 Å². The summed E-state index contributed by atoms with van der Waals surface area (Å²) in [7, 11) is 0. The molecular weight excluding hydrogens is 388 g/mol. The average Bonchev–Trinajstić information content (AvgIpc) is 2.87. The first kappa shape index (κ1) is 19.9. The molecule has 142 valence electrons. The fourth-order valence-electron chi connectivity index (χ4n) is 1.95. The predicted octanol–water partition coefficient (Wildman–Crippen LogP) is 2.80. The number of rotatable bonds is 4. The minimum Gasteiger partial charge on any atom is -0.404 e. The van der Waals surface area contributed by atoms with E-state index in [9.17, 15) is 31.1 Å². The Bertz CT molecular complexity index is 924. The minimum atomic E-state index is -4.99. The molecule has 0 aliphatic rings. The van der Waals surface area contributed by atoms with Crippen LogP contribution in [-0.4, -0.2) is 33.5 Å². The van der Waals surface area contributed by atoms with Gasteiger partial charge in [-0.25, -0.2) is 4.98 Å². The van der Waals surface area contributed by atoms with Crippen molar-refractivity contribution >= 4 is 28.1 Å². The van der Waals surface area contributed by atoms with Crippen molar-refractivity contribution in [2.45, 2.75) is 25.7 Å². The van der Waals surface area contributed by atoms with Crippen molar-refractivity contribution in [2.75, 3.05) is 6.54 Å². The number of hydrogen-bond donors (Lipinski definition) is 1. The van der Waals surface area contributed by atoms with Crippen LogP contribution in [0.2, 0.25) is 0 Å². The molecule has 2 N–H and O–H groups in total. The van der Waals surface area contributed by atoms with Gasteiger partial charge in [0.15, 0.2) is 5.69 Å². The van der Waals surface area contributed by atoms with E-state index in [4.69, 9.17) is 5.73 Å². The Morgan fingerprint density at radius 3 is 2.50 bits per heavy atom. The molecule has 13 heteroatoms. The van der Waals surface area contributed by atoms with Crippen molar-refractivity contribution in [2.24, 2.45) is 10.7 Å². The summed E-state index contributed by atoms with van der Waals surface area (Å²) in [6.07, 6.45) is -9.40. The number of alkyl halides is 6. The zero-order chi connectivity index (χ0) is 19.7. The van der Waals surface area contributed by atoms with Gasteiger partial charge in [0.2, 0.25) is 4.96 Å². The van der Waals surface area contributed by atoms with Gasteiger partial charge in [-0.05, 0) is 6.92 Å². The average molecular weight is 399 g/mol. The van der Waals surface area contributed by atoms with E-state index in [2.05, 4.69) is 15.1 Å². The number of aryl methyl sites for hydroxylation is 1. The lowest BCUT2D eigenvalue weighted by molar-refractivity contribution is -0.141. The van der Waals surface area contributed by atoms with Gasteiger partial charge in [0, 0.05) is 24.5 Å². The molecule has 0 aliphatic carbocycles. The number of hydrogen-bond acceptors (Lipinski definition) is 6. The Kier molecular flexibility index (Phi) is 5.39. The van der Waals surface area contributed by atoms with Crippen molar-refractivity contribution in [3.8, 4) is 0 Å². The normalized spacial score (nSPS) is 13.9. The van der Waals surface area contributed by atoms with Crippen molar-refractivity contribution in [1.29, 1.82) is 0 Å². The van der Waals surface area contributed by atoms with Crippen LogP contribution in [0.4, 0.5) is 26.3 Å². The smallest absolute Gasteiger partial charge is 0.404 e. The molecule has 0 bridgehead atoms. The van der Waals surface area contributed by atoms with Crippen LogP contribution < -0.4 is 11.3 Å². The molecule has 0 amide bonds. The Morgan fingerprint density at radius 1 is 1.31 bits per heavy atom. The summed E-state index contributed by atoms with van der Waals surface area (Å²) < 4.78 is 77.0. The van der Waals surface area contributed by atoms with Crippen molar-refractivity contribution in [3.05, 3.63) is 32.8 Å². The van der Waals surface area contributed by atoms with Crippen LogP contribution in [0.3, 0.4) is 0 Å². The molecule has 0 aliphatic heterocycles. The molecule has 0 aromatic carbocycles. The fraction of sp³-hybridized carbons (Fsp3) is 0.385. The van der Waals surface area contributed by atoms with Gasteiger partial charge < -0.3 is 5.73 Å². The maximum Gasteiger partial charge on any atom is 0.434 e. The largest absolute Gasteiger partial charge is 0.434 e. The fourth-order valence-corrected chi connectivity index (χ4v) is 2.68. The lowest BCUT2D eigenvalue weighted by atomic mass is 10.1. The third-order valence-corrected chi connectivity index (χ3v) is 3.83. The number of allylic oxidation sites excluding steroid dienone is 1. The van der Waals surface area contributed by atoms with Gasteiger partial charge >= 0.3 is 12.4 Å². The molecule has 2 heterocycles. The number of nitrogens with zero attached hydrogens (tertiary/aromatic N) is 4. The zero-order valence-electron chi connectivity index (χ0n) is 13.0. The Hall–Kier alpha value is -2.44. The van der Waals surface area contributed by atoms with E-state index >= 15 is 0 Å². The number of fused-ring (bicyclic) bond motifs is 1. The first-order valence-corrected chi connectivity index (χ1v) is 7.72. The molecule has 0 saturated carbocycles. The van der Waals surface area contributed by atoms with Crippen LogP contribution in [0.25, 0.3) is 10.5 Å². The van der Waals surface area contributed by atoms with E-state index < -0.39 is 47.7 Å². The van der Waals surface area contributed by atoms with Gasteiger partial charge in [-0.1, -0.05) is 11.3 Å². The minimum absolute atomic E-state index is 0.269. The molecule has 0 radical (unpaired) electrons. The van der Waals surface area contributed by atoms with Crippen LogP contribution >= 0.6 is 11.3 Å². The summed E-state index contributed by atoms with van der Waals surface area (Å²) in [4.78, 5) is 19.0. The SMILES string of the molecule is Cc1nn2c(=O)c(/C(C=NCCC(F)(F)F)=C/N)c(C(F)(F)F)nc2s1. The van der Waals surface area contributed by atoms with Crippen molar-refractivity contribution in [1.82, 2.24) is 14.6 Å². The number of halogens is 6. The van der Waals surface area contributed by atoms with Crippen LogP contribution in [0, 0.1) is 6.92 Å². The number of aromatic nitrogens is 3. The van der Waals surface area contributed by atoms with Gasteiger partial charge in [0.1, 0.15) is 5.01 Å². The van der Waals surface area contributed by atoms with E-state index in [1.165, 1.54) is 6.92 Å². The molecule has 0 fully saturated rings. The third kappa shape index (κ3) is 4.39. The summed E-state index contributed by atoms with van der Waals surface area (Å²) in [6, 6.07) is 0. The van der Waals surface area contributed by atoms with Gasteiger partial charge in [-0.2, -0.15) is 36.0 Å². The second kappa shape index (κ2) is 7.05. The Labute approximate surface area is 145 Å². The Morgan fingerprint density at radius 2 is 1.96 bits per heavy atom. The van der Waals surface area contributed by atoms with E-state index in [1.54, 1.807) is 0 Å². The van der Waals surface area contributed by atoms with Crippen molar-refractivity contribution in [3.63, 3.8) is 0 Å². The quantitative estimate of drug-likeness (QED) is 0.633. The van der Waals surface area contributed by atoms with E-state index in [0.29, 0.717) is 21.9 Å². The molecule has 0 unspecified atom stereocenters. The molecule has 0 spiro atoms.